The molecule has 2 fully saturated rings. The summed E-state index contributed by atoms with van der Waals surface area (Å²) in [5.41, 5.74) is 1.73. The van der Waals surface area contributed by atoms with Crippen LogP contribution in [0.15, 0.2) is 61.3 Å². The van der Waals surface area contributed by atoms with Crippen molar-refractivity contribution in [1.29, 1.82) is 0 Å². The summed E-state index contributed by atoms with van der Waals surface area (Å²) in [5.74, 6) is 2.08. The zero-order valence-corrected chi connectivity index (χ0v) is 22.0. The second kappa shape index (κ2) is 10.4. The van der Waals surface area contributed by atoms with E-state index in [1.807, 2.05) is 48.5 Å². The number of aliphatic hydroxyl groups is 1. The molecule has 1 amide bonds. The summed E-state index contributed by atoms with van der Waals surface area (Å²) in [6.45, 7) is 7.25. The van der Waals surface area contributed by atoms with Gasteiger partial charge in [-0.25, -0.2) is 4.79 Å². The summed E-state index contributed by atoms with van der Waals surface area (Å²) in [7, 11) is 1.63. The van der Waals surface area contributed by atoms with E-state index >= 15 is 0 Å². The van der Waals surface area contributed by atoms with E-state index in [4.69, 9.17) is 18.9 Å². The molecule has 0 bridgehead atoms. The lowest BCUT2D eigenvalue weighted by molar-refractivity contribution is -0.0545. The molecule has 2 saturated heterocycles. The molecule has 3 aliphatic rings. The fraction of sp³-hybridized carbons (Fsp3) is 0.400. The number of β-amino-alcohol motifs (C(OH)–C–C–N with tert-alkyl or cyclic N) is 1. The average Bonchev–Trinajstić information content (AvgIpc) is 3.30. The minimum absolute atomic E-state index is 0.0383. The normalized spacial score (nSPS) is 23.6. The maximum atomic E-state index is 13.1. The van der Waals surface area contributed by atoms with Crippen LogP contribution < -0.4 is 19.1 Å². The summed E-state index contributed by atoms with van der Waals surface area (Å²) in [6.07, 6.45) is 3.91. The van der Waals surface area contributed by atoms with Crippen molar-refractivity contribution in [3.05, 3.63) is 66.9 Å². The van der Waals surface area contributed by atoms with E-state index in [0.29, 0.717) is 63.7 Å². The van der Waals surface area contributed by atoms with Gasteiger partial charge in [-0.3, -0.25) is 14.8 Å². The van der Waals surface area contributed by atoms with Crippen LogP contribution in [0.4, 0.5) is 10.5 Å². The monoisotopic (exact) mass is 531 g/mol. The zero-order valence-electron chi connectivity index (χ0n) is 22.0. The molecule has 4 heterocycles. The number of aliphatic hydroxyl groups excluding tert-OH is 1. The number of rotatable bonds is 7. The summed E-state index contributed by atoms with van der Waals surface area (Å²) in [6, 6.07) is 13.1. The van der Waals surface area contributed by atoms with Gasteiger partial charge in [0.15, 0.2) is 11.5 Å². The van der Waals surface area contributed by atoms with Gasteiger partial charge < -0.3 is 24.1 Å². The van der Waals surface area contributed by atoms with Gasteiger partial charge >= 0.3 is 6.09 Å². The molecular weight excluding hydrogens is 498 g/mol. The lowest BCUT2D eigenvalue weighted by Crippen LogP contribution is -2.54. The summed E-state index contributed by atoms with van der Waals surface area (Å²) in [5, 5.41) is 12.2. The Hall–Kier alpha value is -3.82. The Morgan fingerprint density at radius 2 is 2.05 bits per heavy atom. The second-order valence-electron chi connectivity index (χ2n) is 10.4. The molecule has 9 heteroatoms. The van der Waals surface area contributed by atoms with E-state index in [9.17, 15) is 9.90 Å². The highest BCUT2D eigenvalue weighted by Gasteiger charge is 2.53. The predicted octanol–water partition coefficient (Wildman–Crippen LogP) is 4.34. The van der Waals surface area contributed by atoms with E-state index in [0.717, 1.165) is 27.9 Å². The van der Waals surface area contributed by atoms with Crippen LogP contribution in [-0.2, 0) is 4.74 Å². The molecule has 1 N–H and O–H groups in total. The minimum atomic E-state index is -0.707. The number of fused-ring (bicyclic) bond motifs is 2. The standard InChI is InChI=1S/C30H33N3O6/c1-3-4-20-17-32(18-26(34)23-9-11-31-25-7-6-22(36-2)16-24(23)25)12-10-30(20)19-33(29(35)39-30)21-5-8-27-28(15-21)38-14-13-37-27/h3,5-9,11,15-16,20,26,34H,1,4,10,12-14,17-19H2,2H3/t20-,26+,30+/m1/s1. The number of piperidine rings is 1. The maximum absolute atomic E-state index is 13.1. The number of carbonyl (C=O) groups excluding carboxylic acids is 1. The minimum Gasteiger partial charge on any atom is -0.497 e. The number of methoxy groups -OCH3 is 1. The van der Waals surface area contributed by atoms with Crippen molar-refractivity contribution in [2.75, 3.05) is 51.4 Å². The Morgan fingerprint density at radius 1 is 1.21 bits per heavy atom. The number of amides is 1. The fourth-order valence-corrected chi connectivity index (χ4v) is 6.02. The Bertz CT molecular complexity index is 1400. The molecular formula is C30H33N3O6. The average molecular weight is 532 g/mol. The summed E-state index contributed by atoms with van der Waals surface area (Å²) in [4.78, 5) is 21.5. The van der Waals surface area contributed by atoms with E-state index in [2.05, 4.69) is 16.5 Å². The van der Waals surface area contributed by atoms with Gasteiger partial charge in [0.1, 0.15) is 24.6 Å². The van der Waals surface area contributed by atoms with Crippen LogP contribution in [0.3, 0.4) is 0 Å². The van der Waals surface area contributed by atoms with Crippen LogP contribution in [0, 0.1) is 5.92 Å². The van der Waals surface area contributed by atoms with Gasteiger partial charge in [-0.1, -0.05) is 6.08 Å². The topological polar surface area (TPSA) is 93.6 Å². The van der Waals surface area contributed by atoms with E-state index in [1.165, 1.54) is 0 Å². The first kappa shape index (κ1) is 25.5. The Kier molecular flexibility index (Phi) is 6.78. The maximum Gasteiger partial charge on any atom is 0.415 e. The van der Waals surface area contributed by atoms with Crippen molar-refractivity contribution in [3.63, 3.8) is 0 Å². The zero-order chi connectivity index (χ0) is 27.0. The van der Waals surface area contributed by atoms with Gasteiger partial charge in [0.2, 0.25) is 0 Å². The first-order valence-corrected chi connectivity index (χ1v) is 13.3. The van der Waals surface area contributed by atoms with Crippen LogP contribution in [0.2, 0.25) is 0 Å². The molecule has 1 aromatic heterocycles. The van der Waals surface area contributed by atoms with E-state index in [1.54, 1.807) is 18.2 Å². The predicted molar refractivity (Wildman–Crippen MR) is 147 cm³/mol. The lowest BCUT2D eigenvalue weighted by Gasteiger charge is -2.44. The van der Waals surface area contributed by atoms with Gasteiger partial charge in [-0.15, -0.1) is 6.58 Å². The van der Waals surface area contributed by atoms with Crippen LogP contribution >= 0.6 is 0 Å². The Labute approximate surface area is 227 Å². The number of benzene rings is 2. The molecule has 1 spiro atoms. The number of likely N-dealkylation sites (tertiary alicyclic amines) is 1. The van der Waals surface area contributed by atoms with Crippen LogP contribution in [-0.4, -0.2) is 73.2 Å². The van der Waals surface area contributed by atoms with Crippen molar-refractivity contribution < 1.29 is 28.8 Å². The first-order valence-electron chi connectivity index (χ1n) is 13.3. The van der Waals surface area contributed by atoms with Crippen molar-refractivity contribution in [2.24, 2.45) is 5.92 Å². The van der Waals surface area contributed by atoms with Crippen LogP contribution in [0.1, 0.15) is 24.5 Å². The number of hydrogen-bond acceptors (Lipinski definition) is 8. The highest BCUT2D eigenvalue weighted by Crippen LogP contribution is 2.43. The Morgan fingerprint density at radius 3 is 2.87 bits per heavy atom. The smallest absolute Gasteiger partial charge is 0.415 e. The second-order valence-corrected chi connectivity index (χ2v) is 10.4. The quantitative estimate of drug-likeness (QED) is 0.450. The molecule has 204 valence electrons. The molecule has 9 nitrogen and oxygen atoms in total. The lowest BCUT2D eigenvalue weighted by atomic mass is 9.78. The number of ether oxygens (including phenoxy) is 4. The Balaban J connectivity index is 1.19. The molecule has 6 rings (SSSR count). The molecule has 3 aromatic rings. The number of hydrogen-bond donors (Lipinski definition) is 1. The van der Waals surface area contributed by atoms with Gasteiger partial charge in [0, 0.05) is 49.6 Å². The highest BCUT2D eigenvalue weighted by molar-refractivity contribution is 5.91. The van der Waals surface area contributed by atoms with Gasteiger partial charge in [-0.05, 0) is 48.4 Å². The van der Waals surface area contributed by atoms with E-state index in [-0.39, 0.29) is 12.0 Å². The molecule has 3 atom stereocenters. The van der Waals surface area contributed by atoms with Crippen LogP contribution in [0.25, 0.3) is 10.9 Å². The van der Waals surface area contributed by atoms with E-state index < -0.39 is 11.7 Å². The number of pyridine rings is 1. The number of anilines is 1. The number of aromatic nitrogens is 1. The van der Waals surface area contributed by atoms with Crippen molar-refractivity contribution in [2.45, 2.75) is 24.5 Å². The molecule has 0 aliphatic carbocycles. The molecule has 0 saturated carbocycles. The number of allylic oxidation sites excluding steroid dienone is 1. The van der Waals surface area contributed by atoms with Crippen molar-refractivity contribution >= 4 is 22.7 Å². The van der Waals surface area contributed by atoms with Gasteiger partial charge in [0.05, 0.1) is 31.0 Å². The third-order valence-corrected chi connectivity index (χ3v) is 8.07. The van der Waals surface area contributed by atoms with Crippen molar-refractivity contribution in [3.8, 4) is 17.2 Å². The summed E-state index contributed by atoms with van der Waals surface area (Å²) >= 11 is 0. The largest absolute Gasteiger partial charge is 0.497 e. The molecule has 39 heavy (non-hydrogen) atoms. The first-order chi connectivity index (χ1) is 19.0. The third-order valence-electron chi connectivity index (χ3n) is 8.07. The molecule has 0 unspecified atom stereocenters. The third kappa shape index (κ3) is 4.77. The fourth-order valence-electron chi connectivity index (χ4n) is 6.02. The number of nitrogens with zero attached hydrogens (tertiary/aromatic N) is 3. The van der Waals surface area contributed by atoms with Crippen molar-refractivity contribution in [1.82, 2.24) is 9.88 Å². The summed E-state index contributed by atoms with van der Waals surface area (Å²) < 4.78 is 22.9. The SMILES string of the molecule is C=CC[C@@H]1CN(C[C@H](O)c2ccnc3ccc(OC)cc23)CC[C@]12CN(c1ccc3c(c1)OCCO3)C(=O)O2. The van der Waals surface area contributed by atoms with Crippen LogP contribution in [0.5, 0.6) is 17.2 Å². The highest BCUT2D eigenvalue weighted by atomic mass is 16.6. The number of carbonyl (C=O) groups is 1. The molecule has 2 aromatic carbocycles. The molecule has 3 aliphatic heterocycles. The molecule has 0 radical (unpaired) electrons. The van der Waals surface area contributed by atoms with Gasteiger partial charge in [-0.2, -0.15) is 0 Å². The van der Waals surface area contributed by atoms with Gasteiger partial charge in [0.25, 0.3) is 0 Å².